The van der Waals surface area contributed by atoms with Crippen molar-refractivity contribution in [2.24, 2.45) is 5.73 Å². The van der Waals surface area contributed by atoms with Crippen LogP contribution in [-0.2, 0) is 0 Å². The van der Waals surface area contributed by atoms with Crippen molar-refractivity contribution in [1.82, 2.24) is 4.98 Å². The number of thiocarbonyl (C=S) groups is 1. The van der Waals surface area contributed by atoms with Crippen LogP contribution < -0.4 is 10.6 Å². The Morgan fingerprint density at radius 3 is 2.61 bits per heavy atom. The van der Waals surface area contributed by atoms with Crippen LogP contribution in [0.3, 0.4) is 0 Å². The second-order valence-corrected chi connectivity index (χ2v) is 5.30. The van der Waals surface area contributed by atoms with Crippen molar-refractivity contribution in [3.63, 3.8) is 0 Å². The second-order valence-electron chi connectivity index (χ2n) is 4.86. The summed E-state index contributed by atoms with van der Waals surface area (Å²) in [6.45, 7) is 5.57. The summed E-state index contributed by atoms with van der Waals surface area (Å²) in [6, 6.07) is 2.00. The molecular weight excluding hydrogens is 246 g/mol. The normalized spacial score (nSPS) is 16.9. The lowest BCUT2D eigenvalue weighted by atomic mass is 10.0. The predicted molar refractivity (Wildman–Crippen MR) is 77.1 cm³/mol. The summed E-state index contributed by atoms with van der Waals surface area (Å²) in [7, 11) is 0. The number of hydrogen-bond acceptors (Lipinski definition) is 4. The predicted octanol–water partition coefficient (Wildman–Crippen LogP) is 1.29. The molecule has 0 bridgehead atoms. The maximum absolute atomic E-state index is 9.56. The minimum Gasteiger partial charge on any atom is -0.393 e. The lowest BCUT2D eigenvalue weighted by Crippen LogP contribution is -2.37. The first-order valence-electron chi connectivity index (χ1n) is 6.20. The van der Waals surface area contributed by atoms with E-state index in [4.69, 9.17) is 18.0 Å². The summed E-state index contributed by atoms with van der Waals surface area (Å²) in [5.74, 6) is 0.868. The molecule has 0 radical (unpaired) electrons. The Labute approximate surface area is 113 Å². The Balaban J connectivity index is 2.39. The summed E-state index contributed by atoms with van der Waals surface area (Å²) in [4.78, 5) is 7.14. The van der Waals surface area contributed by atoms with Gasteiger partial charge in [-0.05, 0) is 38.3 Å². The molecule has 1 aliphatic heterocycles. The van der Waals surface area contributed by atoms with Crippen LogP contribution >= 0.6 is 12.2 Å². The van der Waals surface area contributed by atoms with Crippen LogP contribution in [0.5, 0.6) is 0 Å². The molecule has 0 saturated carbocycles. The second kappa shape index (κ2) is 5.20. The highest BCUT2D eigenvalue weighted by molar-refractivity contribution is 7.80. The van der Waals surface area contributed by atoms with Gasteiger partial charge in [0.2, 0.25) is 0 Å². The number of nitrogens with zero attached hydrogens (tertiary/aromatic N) is 2. The molecule has 0 aliphatic carbocycles. The van der Waals surface area contributed by atoms with Crippen LogP contribution in [0.1, 0.15) is 29.7 Å². The highest BCUT2D eigenvalue weighted by Gasteiger charge is 2.22. The van der Waals surface area contributed by atoms with Crippen molar-refractivity contribution in [3.05, 3.63) is 22.9 Å². The summed E-state index contributed by atoms with van der Waals surface area (Å²) in [5.41, 5.74) is 8.71. The van der Waals surface area contributed by atoms with E-state index in [1.165, 1.54) is 0 Å². The number of aliphatic hydroxyl groups excluding tert-OH is 1. The van der Waals surface area contributed by atoms with Crippen LogP contribution in [-0.4, -0.2) is 34.3 Å². The number of aryl methyl sites for hydroxylation is 2. The molecule has 3 N–H and O–H groups in total. The third-order valence-corrected chi connectivity index (χ3v) is 3.54. The Kier molecular flexibility index (Phi) is 3.82. The van der Waals surface area contributed by atoms with Crippen LogP contribution in [0.2, 0.25) is 0 Å². The number of piperidine rings is 1. The molecule has 1 fully saturated rings. The van der Waals surface area contributed by atoms with Crippen molar-refractivity contribution in [1.29, 1.82) is 0 Å². The molecule has 1 aromatic heterocycles. The maximum Gasteiger partial charge on any atom is 0.139 e. The van der Waals surface area contributed by atoms with Crippen molar-refractivity contribution < 1.29 is 5.11 Å². The molecule has 0 unspecified atom stereocenters. The van der Waals surface area contributed by atoms with E-state index in [1.54, 1.807) is 0 Å². The monoisotopic (exact) mass is 265 g/mol. The maximum atomic E-state index is 9.56. The van der Waals surface area contributed by atoms with Crippen LogP contribution in [0.15, 0.2) is 6.07 Å². The molecule has 98 valence electrons. The molecule has 2 rings (SSSR count). The Morgan fingerprint density at radius 2 is 2.06 bits per heavy atom. The number of anilines is 1. The van der Waals surface area contributed by atoms with Gasteiger partial charge in [0, 0.05) is 18.8 Å². The lowest BCUT2D eigenvalue weighted by Gasteiger charge is -2.32. The van der Waals surface area contributed by atoms with Gasteiger partial charge in [0.1, 0.15) is 10.8 Å². The third-order valence-electron chi connectivity index (χ3n) is 3.34. The average molecular weight is 265 g/mol. The smallest absolute Gasteiger partial charge is 0.139 e. The van der Waals surface area contributed by atoms with Crippen LogP contribution in [0.4, 0.5) is 5.82 Å². The van der Waals surface area contributed by atoms with Gasteiger partial charge in [0.25, 0.3) is 0 Å². The number of nitrogens with two attached hydrogens (primary N) is 1. The Hall–Kier alpha value is -1.20. The Morgan fingerprint density at radius 1 is 1.44 bits per heavy atom. The molecule has 0 amide bonds. The number of hydrogen-bond donors (Lipinski definition) is 2. The summed E-state index contributed by atoms with van der Waals surface area (Å²) in [6.07, 6.45) is 1.34. The minimum atomic E-state index is -0.194. The zero-order valence-corrected chi connectivity index (χ0v) is 11.6. The quantitative estimate of drug-likeness (QED) is 0.789. The molecule has 2 heterocycles. The van der Waals surface area contributed by atoms with Gasteiger partial charge in [0.05, 0.1) is 11.7 Å². The Bertz CT molecular complexity index is 468. The average Bonchev–Trinajstić information content (AvgIpc) is 2.28. The van der Waals surface area contributed by atoms with E-state index in [0.29, 0.717) is 4.99 Å². The van der Waals surface area contributed by atoms with E-state index in [1.807, 2.05) is 19.9 Å². The molecule has 18 heavy (non-hydrogen) atoms. The number of pyridine rings is 1. The molecule has 1 aliphatic rings. The SMILES string of the molecule is Cc1cc(C)c(C(N)=S)c(N2CCC(O)CC2)n1. The van der Waals surface area contributed by atoms with Crippen molar-refractivity contribution in [3.8, 4) is 0 Å². The van der Waals surface area contributed by atoms with E-state index in [9.17, 15) is 5.11 Å². The molecule has 0 aromatic carbocycles. The molecule has 5 heteroatoms. The van der Waals surface area contributed by atoms with Crippen molar-refractivity contribution >= 4 is 23.0 Å². The van der Waals surface area contributed by atoms with E-state index >= 15 is 0 Å². The number of rotatable bonds is 2. The largest absolute Gasteiger partial charge is 0.393 e. The molecule has 1 saturated heterocycles. The van der Waals surface area contributed by atoms with Gasteiger partial charge in [0.15, 0.2) is 0 Å². The lowest BCUT2D eigenvalue weighted by molar-refractivity contribution is 0.145. The summed E-state index contributed by atoms with van der Waals surface area (Å²) >= 11 is 5.13. The molecule has 4 nitrogen and oxygen atoms in total. The fourth-order valence-electron chi connectivity index (χ4n) is 2.43. The summed E-state index contributed by atoms with van der Waals surface area (Å²) in [5, 5.41) is 9.56. The highest BCUT2D eigenvalue weighted by atomic mass is 32.1. The summed E-state index contributed by atoms with van der Waals surface area (Å²) < 4.78 is 0. The highest BCUT2D eigenvalue weighted by Crippen LogP contribution is 2.25. The molecular formula is C13H19N3OS. The number of aromatic nitrogens is 1. The van der Waals surface area contributed by atoms with E-state index in [-0.39, 0.29) is 6.10 Å². The first-order valence-corrected chi connectivity index (χ1v) is 6.61. The fourth-order valence-corrected chi connectivity index (χ4v) is 2.68. The van der Waals surface area contributed by atoms with Crippen LogP contribution in [0, 0.1) is 13.8 Å². The van der Waals surface area contributed by atoms with Gasteiger partial charge in [-0.2, -0.15) is 0 Å². The van der Waals surface area contributed by atoms with Gasteiger partial charge in [-0.25, -0.2) is 4.98 Å². The van der Waals surface area contributed by atoms with E-state index in [2.05, 4.69) is 9.88 Å². The van der Waals surface area contributed by atoms with Crippen molar-refractivity contribution in [2.45, 2.75) is 32.8 Å². The van der Waals surface area contributed by atoms with E-state index in [0.717, 1.165) is 48.6 Å². The third kappa shape index (κ3) is 2.62. The fraction of sp³-hybridized carbons (Fsp3) is 0.538. The number of aliphatic hydroxyl groups is 1. The first kappa shape index (κ1) is 13.2. The zero-order valence-electron chi connectivity index (χ0n) is 10.8. The molecule has 0 atom stereocenters. The first-order chi connectivity index (χ1) is 8.49. The van der Waals surface area contributed by atoms with Gasteiger partial charge >= 0.3 is 0 Å². The molecule has 0 spiro atoms. The van der Waals surface area contributed by atoms with Crippen molar-refractivity contribution in [2.75, 3.05) is 18.0 Å². The zero-order chi connectivity index (χ0) is 13.3. The standard InChI is InChI=1S/C13H19N3OS/c1-8-7-9(2)15-13(11(8)12(14)18)16-5-3-10(17)4-6-16/h7,10,17H,3-6H2,1-2H3,(H2,14,18). The van der Waals surface area contributed by atoms with Gasteiger partial charge in [-0.15, -0.1) is 0 Å². The van der Waals surface area contributed by atoms with Gasteiger partial charge in [-0.3, -0.25) is 0 Å². The van der Waals surface area contributed by atoms with Gasteiger partial charge in [-0.1, -0.05) is 12.2 Å². The topological polar surface area (TPSA) is 62.4 Å². The van der Waals surface area contributed by atoms with Crippen LogP contribution in [0.25, 0.3) is 0 Å². The molecule has 1 aromatic rings. The minimum absolute atomic E-state index is 0.194. The van der Waals surface area contributed by atoms with Gasteiger partial charge < -0.3 is 15.7 Å². The van der Waals surface area contributed by atoms with E-state index < -0.39 is 0 Å².